The van der Waals surface area contributed by atoms with E-state index in [1.165, 1.54) is 10.6 Å². The summed E-state index contributed by atoms with van der Waals surface area (Å²) in [6.07, 6.45) is 0. The van der Waals surface area contributed by atoms with Gasteiger partial charge in [-0.25, -0.2) is 0 Å². The second kappa shape index (κ2) is 8.61. The molecule has 4 aromatic rings. The molecule has 0 atom stereocenters. The van der Waals surface area contributed by atoms with Gasteiger partial charge >= 0.3 is 0 Å². The Bertz CT molecular complexity index is 1100. The van der Waals surface area contributed by atoms with Crippen LogP contribution < -0.4 is 20.8 Å². The molecule has 0 aliphatic rings. The summed E-state index contributed by atoms with van der Waals surface area (Å²) in [4.78, 5) is 1.96. The third kappa shape index (κ3) is 3.77. The average molecular weight is 413 g/mol. The largest absolute Gasteiger partial charge is 0.507 e. The van der Waals surface area contributed by atoms with Crippen molar-refractivity contribution in [1.29, 1.82) is 0 Å². The number of hydrogen-bond donors (Lipinski definition) is 2. The van der Waals surface area contributed by atoms with Crippen molar-refractivity contribution >= 4 is 29.5 Å². The molecule has 150 valence electrons. The van der Waals surface area contributed by atoms with Gasteiger partial charge in [-0.2, -0.15) is 0 Å². The van der Waals surface area contributed by atoms with Gasteiger partial charge in [0.1, 0.15) is 11.5 Å². The first-order chi connectivity index (χ1) is 14.6. The molecule has 0 aromatic heterocycles. The Morgan fingerprint density at radius 2 is 1.07 bits per heavy atom. The molecule has 4 rings (SSSR count). The monoisotopic (exact) mass is 413 g/mol. The summed E-state index contributed by atoms with van der Waals surface area (Å²) in [7, 11) is 2.94. The molecule has 3 nitrogen and oxygen atoms in total. The first-order valence-electron chi connectivity index (χ1n) is 9.80. The van der Waals surface area contributed by atoms with Crippen LogP contribution in [-0.4, -0.2) is 24.3 Å². The summed E-state index contributed by atoms with van der Waals surface area (Å²) in [5.74, 6) is 0.316. The van der Waals surface area contributed by atoms with E-state index in [0.717, 1.165) is 11.0 Å². The number of phenols is 2. The van der Waals surface area contributed by atoms with Gasteiger partial charge in [0.15, 0.2) is 0 Å². The molecule has 0 saturated heterocycles. The van der Waals surface area contributed by atoms with E-state index in [1.54, 1.807) is 12.1 Å². The lowest BCUT2D eigenvalue weighted by molar-refractivity contribution is 0.469. The highest BCUT2D eigenvalue weighted by atomic mass is 31.1. The number of nitrogens with zero attached hydrogens (tertiary/aromatic N) is 1. The summed E-state index contributed by atoms with van der Waals surface area (Å²) in [6, 6.07) is 31.8. The standard InChI is InChI=1S/C26H24NO2P/c1-27(2)21-15-9-16-22(28)25(21)26-23(29)17-10-18-24(26)30(19-11-5-3-6-12-19)20-13-7-4-8-14-20/h3-18,28-29H,1-2H3. The van der Waals surface area contributed by atoms with Gasteiger partial charge in [0, 0.05) is 25.3 Å². The molecule has 4 aromatic carbocycles. The molecule has 0 saturated carbocycles. The maximum absolute atomic E-state index is 11.0. The van der Waals surface area contributed by atoms with Crippen LogP contribution in [0.15, 0.2) is 97.1 Å². The van der Waals surface area contributed by atoms with Crippen molar-refractivity contribution in [3.05, 3.63) is 97.1 Å². The van der Waals surface area contributed by atoms with E-state index < -0.39 is 7.92 Å². The maximum atomic E-state index is 11.0. The topological polar surface area (TPSA) is 43.7 Å². The number of aromatic hydroxyl groups is 2. The van der Waals surface area contributed by atoms with Crippen molar-refractivity contribution in [1.82, 2.24) is 0 Å². The lowest BCUT2D eigenvalue weighted by atomic mass is 10.0. The molecule has 0 heterocycles. The van der Waals surface area contributed by atoms with Gasteiger partial charge in [-0.15, -0.1) is 0 Å². The molecule has 0 amide bonds. The molecule has 0 spiro atoms. The van der Waals surface area contributed by atoms with E-state index in [2.05, 4.69) is 30.3 Å². The quantitative estimate of drug-likeness (QED) is 0.471. The van der Waals surface area contributed by atoms with Crippen LogP contribution in [0.4, 0.5) is 5.69 Å². The summed E-state index contributed by atoms with van der Waals surface area (Å²) in [5, 5.41) is 25.2. The molecular formula is C26H24NO2P. The molecule has 0 fully saturated rings. The lowest BCUT2D eigenvalue weighted by Crippen LogP contribution is -2.22. The van der Waals surface area contributed by atoms with Crippen LogP contribution >= 0.6 is 7.92 Å². The van der Waals surface area contributed by atoms with Crippen LogP contribution in [0.1, 0.15) is 0 Å². The molecule has 0 radical (unpaired) electrons. The van der Waals surface area contributed by atoms with E-state index in [4.69, 9.17) is 0 Å². The Balaban J connectivity index is 2.04. The van der Waals surface area contributed by atoms with Crippen molar-refractivity contribution < 1.29 is 10.2 Å². The minimum atomic E-state index is -0.940. The normalized spacial score (nSPS) is 10.9. The Morgan fingerprint density at radius 1 is 0.567 bits per heavy atom. The van der Waals surface area contributed by atoms with Gasteiger partial charge in [-0.1, -0.05) is 78.9 Å². The third-order valence-electron chi connectivity index (χ3n) is 5.04. The fraction of sp³-hybridized carbons (Fsp3) is 0.0769. The van der Waals surface area contributed by atoms with E-state index in [-0.39, 0.29) is 11.5 Å². The van der Waals surface area contributed by atoms with E-state index >= 15 is 0 Å². The van der Waals surface area contributed by atoms with Crippen LogP contribution in [-0.2, 0) is 0 Å². The second-order valence-corrected chi connectivity index (χ2v) is 9.43. The maximum Gasteiger partial charge on any atom is 0.125 e. The average Bonchev–Trinajstić information content (AvgIpc) is 2.76. The second-order valence-electron chi connectivity index (χ2n) is 7.24. The van der Waals surface area contributed by atoms with Crippen molar-refractivity contribution in [2.24, 2.45) is 0 Å². The zero-order valence-electron chi connectivity index (χ0n) is 17.0. The molecule has 30 heavy (non-hydrogen) atoms. The number of benzene rings is 4. The zero-order chi connectivity index (χ0) is 21.1. The summed E-state index contributed by atoms with van der Waals surface area (Å²) in [6.45, 7) is 0. The summed E-state index contributed by atoms with van der Waals surface area (Å²) in [5.41, 5.74) is 2.18. The molecule has 0 unspecified atom stereocenters. The predicted molar refractivity (Wildman–Crippen MR) is 128 cm³/mol. The first kappa shape index (κ1) is 20.0. The predicted octanol–water partition coefficient (Wildman–Crippen LogP) is 4.59. The highest BCUT2D eigenvalue weighted by Gasteiger charge is 2.25. The van der Waals surface area contributed by atoms with Gasteiger partial charge in [0.25, 0.3) is 0 Å². The van der Waals surface area contributed by atoms with E-state index in [1.807, 2.05) is 73.6 Å². The SMILES string of the molecule is CN(C)c1cccc(O)c1-c1c(O)cccc1P(c1ccccc1)c1ccccc1. The van der Waals surface area contributed by atoms with Crippen LogP contribution in [0.25, 0.3) is 11.1 Å². The minimum absolute atomic E-state index is 0.153. The fourth-order valence-electron chi connectivity index (χ4n) is 3.71. The number of hydrogen-bond acceptors (Lipinski definition) is 3. The highest BCUT2D eigenvalue weighted by molar-refractivity contribution is 7.80. The smallest absolute Gasteiger partial charge is 0.125 e. The van der Waals surface area contributed by atoms with Crippen molar-refractivity contribution in [3.8, 4) is 22.6 Å². The summed E-state index contributed by atoms with van der Waals surface area (Å²) >= 11 is 0. The van der Waals surface area contributed by atoms with Crippen LogP contribution in [0.2, 0.25) is 0 Å². The van der Waals surface area contributed by atoms with Crippen molar-refractivity contribution in [2.75, 3.05) is 19.0 Å². The van der Waals surface area contributed by atoms with Crippen LogP contribution in [0, 0.1) is 0 Å². The van der Waals surface area contributed by atoms with Gasteiger partial charge < -0.3 is 15.1 Å². The van der Waals surface area contributed by atoms with Crippen LogP contribution in [0.3, 0.4) is 0 Å². The van der Waals surface area contributed by atoms with Gasteiger partial charge in [0.2, 0.25) is 0 Å². The summed E-state index contributed by atoms with van der Waals surface area (Å²) < 4.78 is 0. The molecule has 2 N–H and O–H groups in total. The molecule has 0 aliphatic carbocycles. The lowest BCUT2D eigenvalue weighted by Gasteiger charge is -2.26. The van der Waals surface area contributed by atoms with Gasteiger partial charge in [-0.05, 0) is 42.0 Å². The van der Waals surface area contributed by atoms with Crippen molar-refractivity contribution in [2.45, 2.75) is 0 Å². The number of rotatable bonds is 5. The fourth-order valence-corrected chi connectivity index (χ4v) is 6.19. The van der Waals surface area contributed by atoms with Gasteiger partial charge in [0.05, 0.1) is 5.56 Å². The molecule has 0 aliphatic heterocycles. The minimum Gasteiger partial charge on any atom is -0.507 e. The number of anilines is 1. The third-order valence-corrected chi connectivity index (χ3v) is 7.53. The first-order valence-corrected chi connectivity index (χ1v) is 11.1. The Kier molecular flexibility index (Phi) is 5.74. The van der Waals surface area contributed by atoms with Crippen LogP contribution in [0.5, 0.6) is 11.5 Å². The van der Waals surface area contributed by atoms with E-state index in [9.17, 15) is 10.2 Å². The zero-order valence-corrected chi connectivity index (χ0v) is 17.9. The Morgan fingerprint density at radius 3 is 1.60 bits per heavy atom. The molecular weight excluding hydrogens is 389 g/mol. The van der Waals surface area contributed by atoms with Crippen molar-refractivity contribution in [3.63, 3.8) is 0 Å². The number of phenolic OH excluding ortho intramolecular Hbond substituents is 2. The van der Waals surface area contributed by atoms with Gasteiger partial charge in [-0.3, -0.25) is 0 Å². The Labute approximate surface area is 178 Å². The molecule has 0 bridgehead atoms. The van der Waals surface area contributed by atoms with E-state index in [0.29, 0.717) is 11.1 Å². The Hall–Kier alpha value is -3.29. The highest BCUT2D eigenvalue weighted by Crippen LogP contribution is 2.46. The molecule has 4 heteroatoms.